The summed E-state index contributed by atoms with van der Waals surface area (Å²) in [5.74, 6) is -0.0924. The van der Waals surface area contributed by atoms with Crippen LogP contribution in [0.4, 0.5) is 0 Å². The molecule has 0 atom stereocenters. The lowest BCUT2D eigenvalue weighted by Crippen LogP contribution is -2.01. The SMILES string of the molecule is C=C(OI)/C(=C\C(C#N)=C/C)[N+](=O)[O-]. The Hall–Kier alpha value is -1.36. The summed E-state index contributed by atoms with van der Waals surface area (Å²) >= 11 is 1.49. The van der Waals surface area contributed by atoms with Gasteiger partial charge in [-0.2, -0.15) is 5.26 Å². The smallest absolute Gasteiger partial charge is 0.312 e. The molecule has 0 spiro atoms. The van der Waals surface area contributed by atoms with E-state index in [-0.39, 0.29) is 17.0 Å². The van der Waals surface area contributed by atoms with E-state index in [4.69, 9.17) is 5.26 Å². The van der Waals surface area contributed by atoms with Gasteiger partial charge >= 0.3 is 5.70 Å². The van der Waals surface area contributed by atoms with E-state index < -0.39 is 4.92 Å². The fourth-order valence-electron chi connectivity index (χ4n) is 0.602. The van der Waals surface area contributed by atoms with Crippen molar-refractivity contribution in [2.24, 2.45) is 0 Å². The highest BCUT2D eigenvalue weighted by Gasteiger charge is 2.17. The highest BCUT2D eigenvalue weighted by atomic mass is 127. The third-order valence-corrected chi connectivity index (χ3v) is 1.84. The summed E-state index contributed by atoms with van der Waals surface area (Å²) in [5, 5.41) is 19.1. The highest BCUT2D eigenvalue weighted by molar-refractivity contribution is 14.1. The Morgan fingerprint density at radius 3 is 2.64 bits per heavy atom. The molecule has 0 aliphatic rings. The van der Waals surface area contributed by atoms with Gasteiger partial charge in [-0.15, -0.1) is 0 Å². The molecule has 0 saturated heterocycles. The van der Waals surface area contributed by atoms with Crippen LogP contribution in [0, 0.1) is 21.4 Å². The maximum atomic E-state index is 10.5. The van der Waals surface area contributed by atoms with Crippen LogP contribution < -0.4 is 0 Å². The Morgan fingerprint density at radius 1 is 1.79 bits per heavy atom. The molecule has 0 fully saturated rings. The molecule has 0 saturated carbocycles. The summed E-state index contributed by atoms with van der Waals surface area (Å²) in [4.78, 5) is 9.87. The van der Waals surface area contributed by atoms with E-state index >= 15 is 0 Å². The molecule has 0 unspecified atom stereocenters. The average Bonchev–Trinajstić information content (AvgIpc) is 2.18. The van der Waals surface area contributed by atoms with Crippen molar-refractivity contribution in [2.45, 2.75) is 6.92 Å². The van der Waals surface area contributed by atoms with Gasteiger partial charge in [0.25, 0.3) is 0 Å². The monoisotopic (exact) mass is 306 g/mol. The molecule has 0 aromatic heterocycles. The molecule has 0 aliphatic heterocycles. The largest absolute Gasteiger partial charge is 0.421 e. The number of hydrogen-bond donors (Lipinski definition) is 0. The van der Waals surface area contributed by atoms with Gasteiger partial charge in [0.2, 0.25) is 5.76 Å². The van der Waals surface area contributed by atoms with Crippen LogP contribution in [-0.4, -0.2) is 4.92 Å². The van der Waals surface area contributed by atoms with Gasteiger partial charge in [-0.05, 0) is 13.5 Å². The van der Waals surface area contributed by atoms with Gasteiger partial charge in [0.05, 0.1) is 16.6 Å². The molecular weight excluding hydrogens is 299 g/mol. The molecule has 0 bridgehead atoms. The fourth-order valence-corrected chi connectivity index (χ4v) is 0.828. The molecular formula is C8H7IN2O3. The molecule has 6 heteroatoms. The van der Waals surface area contributed by atoms with Crippen LogP contribution in [0.5, 0.6) is 0 Å². The van der Waals surface area contributed by atoms with E-state index in [0.29, 0.717) is 0 Å². The van der Waals surface area contributed by atoms with Crippen LogP contribution in [0.25, 0.3) is 0 Å². The summed E-state index contributed by atoms with van der Waals surface area (Å²) in [6.07, 6.45) is 2.57. The van der Waals surface area contributed by atoms with E-state index in [2.05, 4.69) is 9.65 Å². The fraction of sp³-hybridized carbons (Fsp3) is 0.125. The zero-order valence-electron chi connectivity index (χ0n) is 7.36. The molecule has 0 heterocycles. The highest BCUT2D eigenvalue weighted by Crippen LogP contribution is 2.15. The Bertz CT molecular complexity index is 352. The minimum atomic E-state index is -0.651. The number of nitriles is 1. The predicted molar refractivity (Wildman–Crippen MR) is 58.7 cm³/mol. The van der Waals surface area contributed by atoms with Crippen molar-refractivity contribution in [3.05, 3.63) is 45.9 Å². The number of hydrogen-bond acceptors (Lipinski definition) is 4. The molecule has 5 nitrogen and oxygen atoms in total. The van der Waals surface area contributed by atoms with Crippen LogP contribution in [0.15, 0.2) is 35.8 Å². The minimum Gasteiger partial charge on any atom is -0.421 e. The van der Waals surface area contributed by atoms with Gasteiger partial charge in [0, 0.05) is 6.08 Å². The van der Waals surface area contributed by atoms with E-state index in [0.717, 1.165) is 6.08 Å². The van der Waals surface area contributed by atoms with Crippen molar-refractivity contribution >= 4 is 23.0 Å². The Morgan fingerprint density at radius 2 is 2.36 bits per heavy atom. The van der Waals surface area contributed by atoms with Gasteiger partial charge in [0.1, 0.15) is 0 Å². The van der Waals surface area contributed by atoms with Crippen LogP contribution in [-0.2, 0) is 3.07 Å². The standard InChI is InChI=1S/C8H7IN2O3/c1-3-7(5-10)4-8(11(12)13)6(2)14-9/h3-4H,2H2,1H3/b7-3+,8-4+. The lowest BCUT2D eigenvalue weighted by atomic mass is 10.2. The van der Waals surface area contributed by atoms with Gasteiger partial charge in [0.15, 0.2) is 23.0 Å². The molecule has 0 amide bonds. The van der Waals surface area contributed by atoms with Gasteiger partial charge < -0.3 is 3.07 Å². The van der Waals surface area contributed by atoms with Crippen molar-refractivity contribution in [2.75, 3.05) is 0 Å². The predicted octanol–water partition coefficient (Wildman–Crippen LogP) is 2.50. The second-order valence-corrected chi connectivity index (χ2v) is 2.58. The third kappa shape index (κ3) is 3.57. The van der Waals surface area contributed by atoms with Gasteiger partial charge in [-0.3, -0.25) is 10.1 Å². The number of rotatable bonds is 4. The lowest BCUT2D eigenvalue weighted by Gasteiger charge is -1.98. The molecule has 0 N–H and O–H groups in total. The summed E-state index contributed by atoms with van der Waals surface area (Å²) in [5.41, 5.74) is -0.139. The molecule has 0 aliphatic carbocycles. The first-order valence-corrected chi connectivity index (χ1v) is 4.35. The van der Waals surface area contributed by atoms with Crippen LogP contribution in [0.2, 0.25) is 0 Å². The molecule has 0 aromatic carbocycles. The molecule has 0 rings (SSSR count). The van der Waals surface area contributed by atoms with Crippen molar-refractivity contribution in [1.82, 2.24) is 0 Å². The maximum absolute atomic E-state index is 10.5. The van der Waals surface area contributed by atoms with Crippen molar-refractivity contribution in [3.63, 3.8) is 0 Å². The number of nitro groups is 1. The lowest BCUT2D eigenvalue weighted by molar-refractivity contribution is -0.423. The van der Waals surface area contributed by atoms with Gasteiger partial charge in [-0.1, -0.05) is 6.08 Å². The molecule has 0 radical (unpaired) electrons. The quantitative estimate of drug-likeness (QED) is 0.200. The second kappa shape index (κ2) is 6.15. The molecule has 14 heavy (non-hydrogen) atoms. The van der Waals surface area contributed by atoms with Gasteiger partial charge in [-0.25, -0.2) is 0 Å². The first-order chi connectivity index (χ1) is 6.56. The summed E-state index contributed by atoms with van der Waals surface area (Å²) < 4.78 is 4.59. The number of halogens is 1. The normalized spacial score (nSPS) is 11.8. The summed E-state index contributed by atoms with van der Waals surface area (Å²) in [7, 11) is 0. The first-order valence-electron chi connectivity index (χ1n) is 3.47. The number of allylic oxidation sites excluding steroid dienone is 3. The first kappa shape index (κ1) is 12.6. The Labute approximate surface area is 95.2 Å². The van der Waals surface area contributed by atoms with E-state index in [1.54, 1.807) is 13.0 Å². The summed E-state index contributed by atoms with van der Waals surface area (Å²) in [6.45, 7) is 4.95. The zero-order valence-corrected chi connectivity index (χ0v) is 9.52. The van der Waals surface area contributed by atoms with Crippen molar-refractivity contribution in [1.29, 1.82) is 5.26 Å². The second-order valence-electron chi connectivity index (χ2n) is 2.14. The average molecular weight is 306 g/mol. The van der Waals surface area contributed by atoms with Crippen LogP contribution >= 0.6 is 23.0 Å². The Kier molecular flexibility index (Phi) is 5.55. The van der Waals surface area contributed by atoms with E-state index in [1.165, 1.54) is 29.1 Å². The summed E-state index contributed by atoms with van der Waals surface area (Å²) in [6, 6.07) is 1.80. The van der Waals surface area contributed by atoms with E-state index in [9.17, 15) is 10.1 Å². The van der Waals surface area contributed by atoms with Crippen LogP contribution in [0.1, 0.15) is 6.92 Å². The van der Waals surface area contributed by atoms with E-state index in [1.807, 2.05) is 0 Å². The maximum Gasteiger partial charge on any atom is 0.312 e. The molecule has 0 aromatic rings. The van der Waals surface area contributed by atoms with Crippen LogP contribution in [0.3, 0.4) is 0 Å². The molecule has 74 valence electrons. The third-order valence-electron chi connectivity index (χ3n) is 1.31. The van der Waals surface area contributed by atoms with Crippen molar-refractivity contribution < 1.29 is 7.99 Å². The topological polar surface area (TPSA) is 76.2 Å². The number of nitrogens with zero attached hydrogens (tertiary/aromatic N) is 2. The Balaban J connectivity index is 5.13. The minimum absolute atomic E-state index is 0.0924. The zero-order chi connectivity index (χ0) is 11.1. The van der Waals surface area contributed by atoms with Crippen molar-refractivity contribution in [3.8, 4) is 6.07 Å².